The highest BCUT2D eigenvalue weighted by Gasteiger charge is 2.44. The molecule has 24 heavy (non-hydrogen) atoms. The van der Waals surface area contributed by atoms with Crippen LogP contribution in [-0.2, 0) is 4.79 Å². The lowest BCUT2D eigenvalue weighted by Crippen LogP contribution is -2.46. The van der Waals surface area contributed by atoms with Crippen molar-refractivity contribution in [3.8, 4) is 0 Å². The molecular weight excluding hydrogens is 314 g/mol. The van der Waals surface area contributed by atoms with Crippen LogP contribution in [0.15, 0.2) is 53.5 Å². The Labute approximate surface area is 137 Å². The van der Waals surface area contributed by atoms with Gasteiger partial charge in [-0.25, -0.2) is 13.7 Å². The summed E-state index contributed by atoms with van der Waals surface area (Å²) in [6.45, 7) is 3.22. The highest BCUT2D eigenvalue weighted by atomic mass is 19.1. The van der Waals surface area contributed by atoms with Gasteiger partial charge < -0.3 is 0 Å². The van der Waals surface area contributed by atoms with Gasteiger partial charge in [0.2, 0.25) is 0 Å². The Hall–Kier alpha value is -2.89. The van der Waals surface area contributed by atoms with Gasteiger partial charge in [0.25, 0.3) is 11.8 Å². The first-order chi connectivity index (χ1) is 11.3. The lowest BCUT2D eigenvalue weighted by atomic mass is 10.1. The van der Waals surface area contributed by atoms with Gasteiger partial charge >= 0.3 is 0 Å². The molecule has 2 aromatic rings. The second kappa shape index (κ2) is 5.63. The van der Waals surface area contributed by atoms with E-state index in [1.165, 1.54) is 42.5 Å². The molecular formula is C18H14F2N2O2. The summed E-state index contributed by atoms with van der Waals surface area (Å²) in [5, 5.41) is 0. The van der Waals surface area contributed by atoms with Crippen LogP contribution in [-0.4, -0.2) is 28.1 Å². The molecule has 0 radical (unpaired) electrons. The van der Waals surface area contributed by atoms with Gasteiger partial charge in [-0.3, -0.25) is 14.6 Å². The van der Waals surface area contributed by atoms with E-state index in [1.807, 2.05) is 0 Å². The summed E-state index contributed by atoms with van der Waals surface area (Å²) in [7, 11) is 0. The van der Waals surface area contributed by atoms with Crippen LogP contribution in [0.1, 0.15) is 29.8 Å². The number of carbonyl (C=O) groups excluding carboxylic acids is 2. The summed E-state index contributed by atoms with van der Waals surface area (Å²) in [6, 6.07) is 10.4. The Morgan fingerprint density at radius 3 is 2.33 bits per heavy atom. The molecule has 1 aliphatic rings. The molecule has 1 aliphatic heterocycles. The molecule has 4 nitrogen and oxygen atoms in total. The Bertz CT molecular complexity index is 858. The van der Waals surface area contributed by atoms with Crippen LogP contribution in [0.4, 0.5) is 8.78 Å². The molecule has 0 saturated heterocycles. The van der Waals surface area contributed by atoms with Crippen molar-refractivity contribution < 1.29 is 18.4 Å². The van der Waals surface area contributed by atoms with Crippen molar-refractivity contribution in [2.75, 3.05) is 0 Å². The van der Waals surface area contributed by atoms with Gasteiger partial charge in [0.05, 0.1) is 0 Å². The zero-order valence-electron chi connectivity index (χ0n) is 13.1. The number of carbonyl (C=O) groups is 2. The highest BCUT2D eigenvalue weighted by Crippen LogP contribution is 2.28. The average Bonchev–Trinajstić information content (AvgIpc) is 2.77. The van der Waals surface area contributed by atoms with Crippen molar-refractivity contribution >= 4 is 17.5 Å². The molecule has 2 amide bonds. The third-order valence-corrected chi connectivity index (χ3v) is 3.73. The summed E-state index contributed by atoms with van der Waals surface area (Å²) < 4.78 is 26.4. The zero-order valence-corrected chi connectivity index (χ0v) is 13.1. The van der Waals surface area contributed by atoms with Crippen LogP contribution in [0.3, 0.4) is 0 Å². The number of amides is 2. The minimum absolute atomic E-state index is 0.0620. The van der Waals surface area contributed by atoms with Crippen LogP contribution in [0, 0.1) is 11.6 Å². The molecule has 2 aromatic carbocycles. The van der Waals surface area contributed by atoms with E-state index >= 15 is 0 Å². The van der Waals surface area contributed by atoms with Gasteiger partial charge in [-0.1, -0.05) is 6.07 Å². The molecule has 0 atom stereocenters. The Morgan fingerprint density at radius 2 is 1.71 bits per heavy atom. The minimum atomic E-state index is -1.12. The molecule has 0 aliphatic carbocycles. The monoisotopic (exact) mass is 328 g/mol. The fourth-order valence-electron chi connectivity index (χ4n) is 2.61. The lowest BCUT2D eigenvalue weighted by Gasteiger charge is -2.27. The number of nitrogens with zero attached hydrogens (tertiary/aromatic N) is 2. The van der Waals surface area contributed by atoms with Gasteiger partial charge in [-0.05, 0) is 56.3 Å². The van der Waals surface area contributed by atoms with E-state index < -0.39 is 29.1 Å². The first-order valence-corrected chi connectivity index (χ1v) is 7.30. The van der Waals surface area contributed by atoms with Crippen molar-refractivity contribution in [2.24, 2.45) is 4.99 Å². The Kier molecular flexibility index (Phi) is 3.75. The standard InChI is InChI=1S/C18H14F2N2O2/c1-18(2)21-15(11-6-8-13(19)9-7-11)17(24)22(18)16(23)12-4-3-5-14(20)10-12/h3-10H,1-2H3. The van der Waals surface area contributed by atoms with Crippen molar-refractivity contribution in [3.05, 3.63) is 71.3 Å². The maximum atomic E-state index is 13.4. The van der Waals surface area contributed by atoms with Crippen LogP contribution < -0.4 is 0 Å². The van der Waals surface area contributed by atoms with Gasteiger partial charge in [0.1, 0.15) is 23.0 Å². The van der Waals surface area contributed by atoms with Crippen LogP contribution >= 0.6 is 0 Å². The molecule has 6 heteroatoms. The number of hydrogen-bond acceptors (Lipinski definition) is 3. The highest BCUT2D eigenvalue weighted by molar-refractivity contribution is 6.49. The van der Waals surface area contributed by atoms with Gasteiger partial charge in [0, 0.05) is 11.1 Å². The molecule has 0 unspecified atom stereocenters. The molecule has 0 saturated carbocycles. The van der Waals surface area contributed by atoms with Crippen molar-refractivity contribution in [1.29, 1.82) is 0 Å². The SMILES string of the molecule is CC1(C)N=C(c2ccc(F)cc2)C(=O)N1C(=O)c1cccc(F)c1. The largest absolute Gasteiger partial charge is 0.281 e. The van der Waals surface area contributed by atoms with E-state index in [1.54, 1.807) is 13.8 Å². The number of halogens is 2. The second-order valence-electron chi connectivity index (χ2n) is 5.92. The minimum Gasteiger partial charge on any atom is -0.269 e. The van der Waals surface area contributed by atoms with Gasteiger partial charge in [-0.2, -0.15) is 0 Å². The first kappa shape index (κ1) is 16.0. The smallest absolute Gasteiger partial charge is 0.269 e. The van der Waals surface area contributed by atoms with Crippen LogP contribution in [0.2, 0.25) is 0 Å². The fraction of sp³-hybridized carbons (Fsp3) is 0.167. The summed E-state index contributed by atoms with van der Waals surface area (Å²) >= 11 is 0. The molecule has 0 spiro atoms. The summed E-state index contributed by atoms with van der Waals surface area (Å²) in [4.78, 5) is 30.6. The predicted molar refractivity (Wildman–Crippen MR) is 84.6 cm³/mol. The molecule has 0 aromatic heterocycles. The summed E-state index contributed by atoms with van der Waals surface area (Å²) in [6.07, 6.45) is 0. The van der Waals surface area contributed by atoms with Crippen molar-refractivity contribution in [2.45, 2.75) is 19.5 Å². The zero-order chi connectivity index (χ0) is 17.5. The number of hydrogen-bond donors (Lipinski definition) is 0. The molecule has 0 fully saturated rings. The number of rotatable bonds is 2. The Balaban J connectivity index is 1.98. The Morgan fingerprint density at radius 1 is 1.04 bits per heavy atom. The van der Waals surface area contributed by atoms with E-state index in [-0.39, 0.29) is 11.3 Å². The quantitative estimate of drug-likeness (QED) is 0.795. The van der Waals surface area contributed by atoms with Crippen molar-refractivity contribution in [3.63, 3.8) is 0 Å². The van der Waals surface area contributed by atoms with E-state index in [2.05, 4.69) is 4.99 Å². The second-order valence-corrected chi connectivity index (χ2v) is 5.92. The third kappa shape index (κ3) is 2.71. The molecule has 3 rings (SSSR count). The average molecular weight is 328 g/mol. The lowest BCUT2D eigenvalue weighted by molar-refractivity contribution is -0.123. The summed E-state index contributed by atoms with van der Waals surface area (Å²) in [5.74, 6) is -2.23. The number of imide groups is 1. The van der Waals surface area contributed by atoms with Crippen molar-refractivity contribution in [1.82, 2.24) is 4.90 Å². The topological polar surface area (TPSA) is 49.7 Å². The molecule has 0 N–H and O–H groups in total. The van der Waals surface area contributed by atoms with E-state index in [9.17, 15) is 18.4 Å². The van der Waals surface area contributed by atoms with Gasteiger partial charge in [0.15, 0.2) is 0 Å². The number of benzene rings is 2. The van der Waals surface area contributed by atoms with E-state index in [0.29, 0.717) is 5.56 Å². The molecule has 122 valence electrons. The first-order valence-electron chi connectivity index (χ1n) is 7.30. The van der Waals surface area contributed by atoms with Crippen LogP contribution in [0.5, 0.6) is 0 Å². The number of aliphatic imine (C=N–C) groups is 1. The fourth-order valence-corrected chi connectivity index (χ4v) is 2.61. The normalized spacial score (nSPS) is 16.2. The predicted octanol–water partition coefficient (Wildman–Crippen LogP) is 3.17. The maximum Gasteiger partial charge on any atom is 0.281 e. The molecule has 1 heterocycles. The third-order valence-electron chi connectivity index (χ3n) is 3.73. The van der Waals surface area contributed by atoms with E-state index in [4.69, 9.17) is 0 Å². The molecule has 0 bridgehead atoms. The maximum absolute atomic E-state index is 13.4. The van der Waals surface area contributed by atoms with E-state index in [0.717, 1.165) is 11.0 Å². The van der Waals surface area contributed by atoms with Gasteiger partial charge in [-0.15, -0.1) is 0 Å². The van der Waals surface area contributed by atoms with Crippen LogP contribution in [0.25, 0.3) is 0 Å². The summed E-state index contributed by atoms with van der Waals surface area (Å²) in [5.41, 5.74) is -0.565.